The third-order valence-electron chi connectivity index (χ3n) is 3.56. The lowest BCUT2D eigenvalue weighted by Crippen LogP contribution is -2.38. The van der Waals surface area contributed by atoms with Crippen molar-refractivity contribution in [2.45, 2.75) is 32.3 Å². The number of hydrogen-bond donors (Lipinski definition) is 0. The highest BCUT2D eigenvalue weighted by Gasteiger charge is 2.20. The van der Waals surface area contributed by atoms with Gasteiger partial charge in [0.1, 0.15) is 11.9 Å². The zero-order valence-corrected chi connectivity index (χ0v) is 12.5. The third-order valence-corrected chi connectivity index (χ3v) is 3.56. The lowest BCUT2D eigenvalue weighted by atomic mass is 10.1. The summed E-state index contributed by atoms with van der Waals surface area (Å²) in [4.78, 5) is 13.5. The Bertz CT molecular complexity index is 473. The number of ether oxygens (including phenoxy) is 2. The van der Waals surface area contributed by atoms with E-state index in [1.165, 1.54) is 0 Å². The Morgan fingerprint density at radius 1 is 1.40 bits per heavy atom. The lowest BCUT2D eigenvalue weighted by molar-refractivity contribution is -0.116. The fraction of sp³-hybridized carbons (Fsp3) is 0.562. The van der Waals surface area contributed by atoms with Crippen LogP contribution in [0.1, 0.15) is 25.3 Å². The van der Waals surface area contributed by atoms with Crippen LogP contribution in [0, 0.1) is 0 Å². The van der Waals surface area contributed by atoms with Crippen LogP contribution in [-0.4, -0.2) is 44.0 Å². The second kappa shape index (κ2) is 6.75. The highest BCUT2D eigenvalue weighted by atomic mass is 16.5. The molecule has 0 saturated carbocycles. The fourth-order valence-electron chi connectivity index (χ4n) is 2.60. The van der Waals surface area contributed by atoms with Gasteiger partial charge in [0.05, 0.1) is 7.11 Å². The molecule has 1 aliphatic heterocycles. The van der Waals surface area contributed by atoms with E-state index in [1.54, 1.807) is 14.0 Å². The Balaban J connectivity index is 2.08. The maximum atomic E-state index is 11.2. The van der Waals surface area contributed by atoms with Crippen LogP contribution < -0.4 is 9.47 Å². The monoisotopic (exact) mass is 277 g/mol. The van der Waals surface area contributed by atoms with E-state index in [1.807, 2.05) is 18.2 Å². The van der Waals surface area contributed by atoms with Gasteiger partial charge in [-0.3, -0.25) is 4.79 Å². The number of ketones is 1. The van der Waals surface area contributed by atoms with Crippen molar-refractivity contribution in [2.75, 3.05) is 27.2 Å². The number of likely N-dealkylation sites (N-methyl/N-ethyl adjacent to an activating group) is 1. The quantitative estimate of drug-likeness (QED) is 0.828. The van der Waals surface area contributed by atoms with Crippen LogP contribution in [0.5, 0.6) is 11.5 Å². The van der Waals surface area contributed by atoms with E-state index >= 15 is 0 Å². The SMILES string of the molecule is COc1cc(CC(C)=O)ccc1OC1CCCN(C)C1. The number of benzene rings is 1. The van der Waals surface area contributed by atoms with Crippen molar-refractivity contribution in [1.82, 2.24) is 4.90 Å². The van der Waals surface area contributed by atoms with Gasteiger partial charge in [0, 0.05) is 13.0 Å². The predicted molar refractivity (Wildman–Crippen MR) is 78.5 cm³/mol. The summed E-state index contributed by atoms with van der Waals surface area (Å²) in [6, 6.07) is 5.74. The minimum absolute atomic E-state index is 0.148. The average Bonchev–Trinajstić information content (AvgIpc) is 2.40. The number of methoxy groups -OCH3 is 1. The van der Waals surface area contributed by atoms with Gasteiger partial charge in [0.25, 0.3) is 0 Å². The first-order valence-corrected chi connectivity index (χ1v) is 7.10. The molecule has 1 saturated heterocycles. The molecule has 1 unspecified atom stereocenters. The zero-order valence-electron chi connectivity index (χ0n) is 12.5. The Labute approximate surface area is 120 Å². The van der Waals surface area contributed by atoms with Gasteiger partial charge in [-0.2, -0.15) is 0 Å². The van der Waals surface area contributed by atoms with Crippen LogP contribution in [0.15, 0.2) is 18.2 Å². The number of carbonyl (C=O) groups excluding carboxylic acids is 1. The predicted octanol–water partition coefficient (Wildman–Crippen LogP) is 2.30. The molecule has 20 heavy (non-hydrogen) atoms. The summed E-state index contributed by atoms with van der Waals surface area (Å²) in [6.07, 6.45) is 2.87. The average molecular weight is 277 g/mol. The number of hydrogen-bond acceptors (Lipinski definition) is 4. The smallest absolute Gasteiger partial charge is 0.161 e. The van der Waals surface area contributed by atoms with Gasteiger partial charge >= 0.3 is 0 Å². The van der Waals surface area contributed by atoms with E-state index in [0.717, 1.165) is 37.2 Å². The Morgan fingerprint density at radius 3 is 2.85 bits per heavy atom. The molecule has 1 aromatic rings. The third kappa shape index (κ3) is 3.97. The van der Waals surface area contributed by atoms with Crippen molar-refractivity contribution in [3.8, 4) is 11.5 Å². The lowest BCUT2D eigenvalue weighted by Gasteiger charge is -2.30. The first-order valence-electron chi connectivity index (χ1n) is 7.10. The first kappa shape index (κ1) is 14.9. The van der Waals surface area contributed by atoms with Gasteiger partial charge in [-0.25, -0.2) is 0 Å². The molecule has 110 valence electrons. The molecule has 0 spiro atoms. The Morgan fingerprint density at radius 2 is 2.20 bits per heavy atom. The summed E-state index contributed by atoms with van der Waals surface area (Å²) < 4.78 is 11.4. The summed E-state index contributed by atoms with van der Waals surface area (Å²) >= 11 is 0. The largest absolute Gasteiger partial charge is 0.493 e. The maximum absolute atomic E-state index is 11.2. The summed E-state index contributed by atoms with van der Waals surface area (Å²) in [5.41, 5.74) is 0.961. The van der Waals surface area contributed by atoms with Crippen LogP contribution in [0.3, 0.4) is 0 Å². The maximum Gasteiger partial charge on any atom is 0.161 e. The van der Waals surface area contributed by atoms with Gasteiger partial charge in [0.15, 0.2) is 11.5 Å². The number of carbonyl (C=O) groups is 1. The molecular formula is C16H23NO3. The molecule has 1 aromatic carbocycles. The van der Waals surface area contributed by atoms with Crippen molar-refractivity contribution in [3.63, 3.8) is 0 Å². The topological polar surface area (TPSA) is 38.8 Å². The van der Waals surface area contributed by atoms with E-state index in [9.17, 15) is 4.79 Å². The number of nitrogens with zero attached hydrogens (tertiary/aromatic N) is 1. The van der Waals surface area contributed by atoms with E-state index < -0.39 is 0 Å². The molecule has 4 nitrogen and oxygen atoms in total. The molecule has 0 aromatic heterocycles. The molecule has 0 bridgehead atoms. The number of likely N-dealkylation sites (tertiary alicyclic amines) is 1. The van der Waals surface area contributed by atoms with Crippen LogP contribution >= 0.6 is 0 Å². The van der Waals surface area contributed by atoms with E-state index in [2.05, 4.69) is 11.9 Å². The standard InChI is InChI=1S/C16H23NO3/c1-12(18)9-13-6-7-15(16(10-13)19-3)20-14-5-4-8-17(2)11-14/h6-7,10,14H,4-5,8-9,11H2,1-3H3. The molecule has 4 heteroatoms. The summed E-state index contributed by atoms with van der Waals surface area (Å²) in [5, 5.41) is 0. The van der Waals surface area contributed by atoms with Crippen molar-refractivity contribution >= 4 is 5.78 Å². The highest BCUT2D eigenvalue weighted by Crippen LogP contribution is 2.30. The summed E-state index contributed by atoms with van der Waals surface area (Å²) in [5.74, 6) is 1.62. The number of Topliss-reactive ketones (excluding diaryl/α,β-unsaturated/α-hetero) is 1. The number of piperidine rings is 1. The van der Waals surface area contributed by atoms with Crippen molar-refractivity contribution < 1.29 is 14.3 Å². The fourth-order valence-corrected chi connectivity index (χ4v) is 2.60. The van der Waals surface area contributed by atoms with E-state index in [-0.39, 0.29) is 11.9 Å². The highest BCUT2D eigenvalue weighted by molar-refractivity contribution is 5.78. The molecule has 0 amide bonds. The van der Waals surface area contributed by atoms with Crippen molar-refractivity contribution in [1.29, 1.82) is 0 Å². The van der Waals surface area contributed by atoms with Gasteiger partial charge in [-0.05, 0) is 51.1 Å². The van der Waals surface area contributed by atoms with Gasteiger partial charge < -0.3 is 14.4 Å². The first-order chi connectivity index (χ1) is 9.58. The molecule has 0 radical (unpaired) electrons. The van der Waals surface area contributed by atoms with Crippen LogP contribution in [0.2, 0.25) is 0 Å². The summed E-state index contributed by atoms with van der Waals surface area (Å²) in [7, 11) is 3.75. The van der Waals surface area contributed by atoms with E-state index in [0.29, 0.717) is 12.2 Å². The number of rotatable bonds is 5. The molecule has 1 aliphatic rings. The molecule has 2 rings (SSSR count). The zero-order chi connectivity index (χ0) is 14.5. The van der Waals surface area contributed by atoms with Crippen LogP contribution in [-0.2, 0) is 11.2 Å². The molecule has 1 fully saturated rings. The minimum Gasteiger partial charge on any atom is -0.493 e. The second-order valence-corrected chi connectivity index (χ2v) is 5.51. The molecule has 0 N–H and O–H groups in total. The van der Waals surface area contributed by atoms with Crippen molar-refractivity contribution in [2.24, 2.45) is 0 Å². The normalized spacial score (nSPS) is 19.6. The Kier molecular flexibility index (Phi) is 5.01. The van der Waals surface area contributed by atoms with E-state index in [4.69, 9.17) is 9.47 Å². The molecular weight excluding hydrogens is 254 g/mol. The van der Waals surface area contributed by atoms with Gasteiger partial charge in [0.2, 0.25) is 0 Å². The minimum atomic E-state index is 0.148. The molecule has 1 atom stereocenters. The van der Waals surface area contributed by atoms with Crippen molar-refractivity contribution in [3.05, 3.63) is 23.8 Å². The van der Waals surface area contributed by atoms with Crippen LogP contribution in [0.4, 0.5) is 0 Å². The van der Waals surface area contributed by atoms with Gasteiger partial charge in [-0.1, -0.05) is 6.07 Å². The second-order valence-electron chi connectivity index (χ2n) is 5.51. The summed E-state index contributed by atoms with van der Waals surface area (Å²) in [6.45, 7) is 3.67. The van der Waals surface area contributed by atoms with Gasteiger partial charge in [-0.15, -0.1) is 0 Å². The molecule has 1 heterocycles. The Hall–Kier alpha value is -1.55. The van der Waals surface area contributed by atoms with Crippen LogP contribution in [0.25, 0.3) is 0 Å². The molecule has 0 aliphatic carbocycles.